The van der Waals surface area contributed by atoms with Gasteiger partial charge in [0.2, 0.25) is 0 Å². The molecule has 0 heterocycles. The van der Waals surface area contributed by atoms with Crippen LogP contribution >= 0.6 is 0 Å². The Labute approximate surface area is 187 Å². The second-order valence-corrected chi connectivity index (χ2v) is 10.5. The Hall–Kier alpha value is -0.870. The highest BCUT2D eigenvalue weighted by Gasteiger charge is 2.22. The molecular formula is C26H46O3S. The van der Waals surface area contributed by atoms with Gasteiger partial charge in [0.15, 0.2) is 0 Å². The Kier molecular flexibility index (Phi) is 13.6. The summed E-state index contributed by atoms with van der Waals surface area (Å²) >= 11 is 0. The average molecular weight is 439 g/mol. The third-order valence-corrected chi connectivity index (χ3v) is 7.88. The molecule has 0 aliphatic carbocycles. The molecule has 0 aromatic heterocycles. The first kappa shape index (κ1) is 27.2. The van der Waals surface area contributed by atoms with Crippen LogP contribution in [0.1, 0.15) is 119 Å². The first-order valence-corrected chi connectivity index (χ1v) is 13.7. The van der Waals surface area contributed by atoms with E-state index in [4.69, 9.17) is 4.18 Å². The smallest absolute Gasteiger partial charge is 0.266 e. The molecule has 0 amide bonds. The van der Waals surface area contributed by atoms with Crippen LogP contribution in [0, 0.1) is 27.7 Å². The second kappa shape index (κ2) is 15.0. The van der Waals surface area contributed by atoms with Gasteiger partial charge < -0.3 is 0 Å². The average Bonchev–Trinajstić information content (AvgIpc) is 2.69. The number of aryl methyl sites for hydroxylation is 2. The molecule has 0 saturated heterocycles. The summed E-state index contributed by atoms with van der Waals surface area (Å²) in [7, 11) is -3.68. The number of hydrogen-bond acceptors (Lipinski definition) is 3. The van der Waals surface area contributed by atoms with Gasteiger partial charge in [-0.2, -0.15) is 8.42 Å². The molecule has 0 atom stereocenters. The largest absolute Gasteiger partial charge is 0.297 e. The monoisotopic (exact) mass is 438 g/mol. The van der Waals surface area contributed by atoms with Crippen LogP contribution in [-0.4, -0.2) is 15.0 Å². The van der Waals surface area contributed by atoms with Crippen molar-refractivity contribution in [3.63, 3.8) is 0 Å². The normalized spacial score (nSPS) is 11.9. The Morgan fingerprint density at radius 1 is 0.633 bits per heavy atom. The van der Waals surface area contributed by atoms with Crippen molar-refractivity contribution in [2.75, 3.05) is 6.61 Å². The van der Waals surface area contributed by atoms with E-state index in [2.05, 4.69) is 6.92 Å². The minimum absolute atomic E-state index is 0.284. The lowest BCUT2D eigenvalue weighted by Gasteiger charge is -2.15. The summed E-state index contributed by atoms with van der Waals surface area (Å²) in [6, 6.07) is 1.94. The summed E-state index contributed by atoms with van der Waals surface area (Å²) in [4.78, 5) is 0.357. The molecule has 30 heavy (non-hydrogen) atoms. The Bertz CT molecular complexity index is 707. The maximum Gasteiger partial charge on any atom is 0.297 e. The van der Waals surface area contributed by atoms with Gasteiger partial charge in [-0.05, 0) is 56.4 Å². The van der Waals surface area contributed by atoms with E-state index in [-0.39, 0.29) is 6.61 Å². The van der Waals surface area contributed by atoms with Gasteiger partial charge >= 0.3 is 0 Å². The molecule has 0 unspecified atom stereocenters. The van der Waals surface area contributed by atoms with Gasteiger partial charge in [-0.25, -0.2) is 0 Å². The standard InChI is InChI=1S/C26H46O3S/c1-6-7-8-9-10-11-12-13-14-15-16-17-18-19-20-29-30(27,28)26-23(3)21-22(2)24(4)25(26)5/h21H,6-20H2,1-5H3. The van der Waals surface area contributed by atoms with Gasteiger partial charge in [0, 0.05) is 0 Å². The van der Waals surface area contributed by atoms with Gasteiger partial charge in [-0.3, -0.25) is 4.18 Å². The van der Waals surface area contributed by atoms with Crippen LogP contribution in [-0.2, 0) is 14.3 Å². The Balaban J connectivity index is 2.11. The highest BCUT2D eigenvalue weighted by Crippen LogP contribution is 2.27. The van der Waals surface area contributed by atoms with Crippen molar-refractivity contribution in [1.29, 1.82) is 0 Å². The molecule has 1 aromatic rings. The maximum atomic E-state index is 12.6. The molecule has 0 aliphatic rings. The zero-order chi connectivity index (χ0) is 22.4. The fourth-order valence-corrected chi connectivity index (χ4v) is 5.61. The van der Waals surface area contributed by atoms with E-state index in [9.17, 15) is 8.42 Å². The molecule has 0 fully saturated rings. The van der Waals surface area contributed by atoms with Gasteiger partial charge in [-0.15, -0.1) is 0 Å². The van der Waals surface area contributed by atoms with Crippen LogP contribution in [0.5, 0.6) is 0 Å². The van der Waals surface area contributed by atoms with E-state index in [0.717, 1.165) is 35.1 Å². The molecule has 174 valence electrons. The predicted molar refractivity (Wildman–Crippen MR) is 129 cm³/mol. The first-order valence-electron chi connectivity index (χ1n) is 12.3. The molecule has 0 saturated carbocycles. The summed E-state index contributed by atoms with van der Waals surface area (Å²) in [5, 5.41) is 0. The topological polar surface area (TPSA) is 43.4 Å². The molecule has 0 aliphatic heterocycles. The van der Waals surface area contributed by atoms with E-state index in [1.165, 1.54) is 77.0 Å². The minimum Gasteiger partial charge on any atom is -0.266 e. The number of hydrogen-bond donors (Lipinski definition) is 0. The summed E-state index contributed by atoms with van der Waals surface area (Å²) in [5.74, 6) is 0. The van der Waals surface area contributed by atoms with Crippen LogP contribution in [0.3, 0.4) is 0 Å². The number of benzene rings is 1. The van der Waals surface area contributed by atoms with Crippen molar-refractivity contribution in [3.05, 3.63) is 28.3 Å². The summed E-state index contributed by atoms with van der Waals surface area (Å²) in [5.41, 5.74) is 3.74. The molecule has 1 rings (SSSR count). The predicted octanol–water partition coefficient (Wildman–Crippen LogP) is 8.11. The zero-order valence-electron chi connectivity index (χ0n) is 20.3. The van der Waals surface area contributed by atoms with Crippen LogP contribution in [0.4, 0.5) is 0 Å². The molecule has 0 N–H and O–H groups in total. The fourth-order valence-electron chi connectivity index (χ4n) is 4.17. The summed E-state index contributed by atoms with van der Waals surface area (Å²) in [6.45, 7) is 10.3. The van der Waals surface area contributed by atoms with Crippen molar-refractivity contribution in [1.82, 2.24) is 0 Å². The van der Waals surface area contributed by atoms with Crippen molar-refractivity contribution in [3.8, 4) is 0 Å². The lowest BCUT2D eigenvalue weighted by molar-refractivity contribution is 0.305. The summed E-state index contributed by atoms with van der Waals surface area (Å²) in [6.07, 6.45) is 18.0. The quantitative estimate of drug-likeness (QED) is 0.182. The van der Waals surface area contributed by atoms with Crippen molar-refractivity contribution in [2.45, 2.75) is 129 Å². The molecule has 3 nitrogen and oxygen atoms in total. The third-order valence-electron chi connectivity index (χ3n) is 6.27. The molecule has 0 radical (unpaired) electrons. The lowest BCUT2D eigenvalue weighted by Crippen LogP contribution is -2.12. The van der Waals surface area contributed by atoms with E-state index < -0.39 is 10.1 Å². The fraction of sp³-hybridized carbons (Fsp3) is 0.769. The molecule has 4 heteroatoms. The number of rotatable bonds is 17. The van der Waals surface area contributed by atoms with Crippen LogP contribution in [0.25, 0.3) is 0 Å². The number of unbranched alkanes of at least 4 members (excludes halogenated alkanes) is 13. The van der Waals surface area contributed by atoms with Crippen molar-refractivity contribution >= 4 is 10.1 Å². The van der Waals surface area contributed by atoms with Gasteiger partial charge in [0.1, 0.15) is 4.90 Å². The lowest BCUT2D eigenvalue weighted by atomic mass is 10.0. The van der Waals surface area contributed by atoms with Gasteiger partial charge in [-0.1, -0.05) is 96.5 Å². The molecular weight excluding hydrogens is 392 g/mol. The second-order valence-electron chi connectivity index (χ2n) is 8.96. The molecule has 0 bridgehead atoms. The van der Waals surface area contributed by atoms with E-state index in [1.807, 2.05) is 33.8 Å². The minimum atomic E-state index is -3.68. The Morgan fingerprint density at radius 3 is 1.53 bits per heavy atom. The van der Waals surface area contributed by atoms with Crippen LogP contribution < -0.4 is 0 Å². The zero-order valence-corrected chi connectivity index (χ0v) is 21.1. The van der Waals surface area contributed by atoms with Crippen LogP contribution in [0.15, 0.2) is 11.0 Å². The first-order chi connectivity index (χ1) is 14.3. The maximum absolute atomic E-state index is 12.6. The van der Waals surface area contributed by atoms with E-state index in [1.54, 1.807) is 0 Å². The van der Waals surface area contributed by atoms with Crippen LogP contribution in [0.2, 0.25) is 0 Å². The highest BCUT2D eigenvalue weighted by molar-refractivity contribution is 7.86. The third kappa shape index (κ3) is 9.96. The van der Waals surface area contributed by atoms with Gasteiger partial charge in [0.25, 0.3) is 10.1 Å². The van der Waals surface area contributed by atoms with Crippen molar-refractivity contribution in [2.24, 2.45) is 0 Å². The molecule has 1 aromatic carbocycles. The van der Waals surface area contributed by atoms with Gasteiger partial charge in [0.05, 0.1) is 6.61 Å². The summed E-state index contributed by atoms with van der Waals surface area (Å²) < 4.78 is 30.6. The highest BCUT2D eigenvalue weighted by atomic mass is 32.2. The SMILES string of the molecule is CCCCCCCCCCCCCCCCOS(=O)(=O)c1c(C)cc(C)c(C)c1C. The molecule has 0 spiro atoms. The van der Waals surface area contributed by atoms with Crippen molar-refractivity contribution < 1.29 is 12.6 Å². The Morgan fingerprint density at radius 2 is 1.07 bits per heavy atom. The van der Waals surface area contributed by atoms with E-state index >= 15 is 0 Å². The van der Waals surface area contributed by atoms with E-state index in [0.29, 0.717) is 4.90 Å².